The Morgan fingerprint density at radius 1 is 1.31 bits per heavy atom. The van der Waals surface area contributed by atoms with E-state index in [1.54, 1.807) is 0 Å². The normalized spacial score (nSPS) is 14.2. The molecule has 0 saturated heterocycles. The van der Waals surface area contributed by atoms with E-state index in [1.807, 2.05) is 18.2 Å². The van der Waals surface area contributed by atoms with Crippen LogP contribution in [0.15, 0.2) is 18.2 Å². The van der Waals surface area contributed by atoms with E-state index in [0.717, 1.165) is 12.4 Å². The van der Waals surface area contributed by atoms with Crippen LogP contribution < -0.4 is 10.5 Å². The average Bonchev–Trinajstić information content (AvgIpc) is 2.61. The van der Waals surface area contributed by atoms with Crippen molar-refractivity contribution in [1.82, 2.24) is 0 Å². The molecule has 2 rings (SSSR count). The van der Waals surface area contributed by atoms with Crippen molar-refractivity contribution >= 4 is 0 Å². The zero-order valence-corrected chi connectivity index (χ0v) is 7.45. The van der Waals surface area contributed by atoms with Crippen LogP contribution in [0.2, 0.25) is 0 Å². The van der Waals surface area contributed by atoms with Gasteiger partial charge in [0.2, 0.25) is 0 Å². The Bertz CT molecular complexity index is 299. The average molecular weight is 179 g/mol. The Morgan fingerprint density at radius 3 is 3.00 bits per heavy atom. The van der Waals surface area contributed by atoms with Crippen molar-refractivity contribution in [1.29, 1.82) is 0 Å². The second kappa shape index (κ2) is 3.77. The van der Waals surface area contributed by atoms with Crippen molar-refractivity contribution in [2.24, 2.45) is 5.73 Å². The van der Waals surface area contributed by atoms with Crippen LogP contribution in [0.25, 0.3) is 0 Å². The van der Waals surface area contributed by atoms with Gasteiger partial charge in [-0.05, 0) is 23.3 Å². The molecule has 0 spiro atoms. The van der Waals surface area contributed by atoms with Crippen molar-refractivity contribution in [2.75, 3.05) is 13.2 Å². The van der Waals surface area contributed by atoms with Crippen LogP contribution in [0.4, 0.5) is 0 Å². The fraction of sp³-hybridized carbons (Fsp3) is 0.400. The molecule has 0 atom stereocenters. The van der Waals surface area contributed by atoms with Gasteiger partial charge < -0.3 is 15.2 Å². The lowest BCUT2D eigenvalue weighted by molar-refractivity contribution is 0.134. The number of fused-ring (bicyclic) bond motifs is 1. The standard InChI is InChI=1S/C10H13NO2/c11-3-4-13-10-2-1-8-6-12-7-9(8)5-10/h1-2,5H,3-4,6-7,11H2. The summed E-state index contributed by atoms with van der Waals surface area (Å²) in [6.45, 7) is 2.55. The first-order valence-corrected chi connectivity index (χ1v) is 4.42. The van der Waals surface area contributed by atoms with Crippen LogP contribution in [0.1, 0.15) is 11.1 Å². The maximum atomic E-state index is 5.40. The van der Waals surface area contributed by atoms with Crippen molar-refractivity contribution < 1.29 is 9.47 Å². The van der Waals surface area contributed by atoms with E-state index in [-0.39, 0.29) is 0 Å². The molecular weight excluding hydrogens is 166 g/mol. The Kier molecular flexibility index (Phi) is 2.47. The van der Waals surface area contributed by atoms with Crippen molar-refractivity contribution in [3.8, 4) is 5.75 Å². The molecule has 0 bridgehead atoms. The number of ether oxygens (including phenoxy) is 2. The Hall–Kier alpha value is -1.06. The Labute approximate surface area is 77.5 Å². The molecule has 1 aromatic carbocycles. The van der Waals surface area contributed by atoms with Crippen LogP contribution in [-0.2, 0) is 18.0 Å². The van der Waals surface area contributed by atoms with E-state index in [4.69, 9.17) is 15.2 Å². The van der Waals surface area contributed by atoms with Crippen molar-refractivity contribution in [3.05, 3.63) is 29.3 Å². The quantitative estimate of drug-likeness (QED) is 0.754. The summed E-state index contributed by atoms with van der Waals surface area (Å²) in [6, 6.07) is 6.04. The predicted molar refractivity (Wildman–Crippen MR) is 49.5 cm³/mol. The molecule has 0 fully saturated rings. The molecule has 2 N–H and O–H groups in total. The third kappa shape index (κ3) is 1.82. The van der Waals surface area contributed by atoms with Crippen LogP contribution in [-0.4, -0.2) is 13.2 Å². The maximum Gasteiger partial charge on any atom is 0.119 e. The highest BCUT2D eigenvalue weighted by Gasteiger charge is 2.11. The highest BCUT2D eigenvalue weighted by Crippen LogP contribution is 2.24. The summed E-state index contributed by atoms with van der Waals surface area (Å²) < 4.78 is 10.7. The molecule has 1 aliphatic heterocycles. The molecule has 0 aromatic heterocycles. The summed E-state index contributed by atoms with van der Waals surface area (Å²) in [4.78, 5) is 0. The summed E-state index contributed by atoms with van der Waals surface area (Å²) in [5.74, 6) is 0.884. The summed E-state index contributed by atoms with van der Waals surface area (Å²) in [7, 11) is 0. The van der Waals surface area contributed by atoms with Gasteiger partial charge in [-0.25, -0.2) is 0 Å². The number of benzene rings is 1. The molecule has 1 aliphatic rings. The molecule has 3 nitrogen and oxygen atoms in total. The molecule has 0 unspecified atom stereocenters. The van der Waals surface area contributed by atoms with Crippen LogP contribution >= 0.6 is 0 Å². The molecule has 0 aliphatic carbocycles. The lowest BCUT2D eigenvalue weighted by Crippen LogP contribution is -2.10. The first kappa shape index (κ1) is 8.53. The number of rotatable bonds is 3. The molecule has 3 heteroatoms. The minimum atomic E-state index is 0.549. The number of hydrogen-bond donors (Lipinski definition) is 1. The van der Waals surface area contributed by atoms with E-state index in [1.165, 1.54) is 11.1 Å². The van der Waals surface area contributed by atoms with Gasteiger partial charge in [-0.3, -0.25) is 0 Å². The largest absolute Gasteiger partial charge is 0.492 e. The lowest BCUT2D eigenvalue weighted by atomic mass is 10.1. The van der Waals surface area contributed by atoms with Gasteiger partial charge in [-0.2, -0.15) is 0 Å². The summed E-state index contributed by atoms with van der Waals surface area (Å²) in [5.41, 5.74) is 7.83. The third-order valence-electron chi connectivity index (χ3n) is 2.08. The predicted octanol–water partition coefficient (Wildman–Crippen LogP) is 1.05. The SMILES string of the molecule is NCCOc1ccc2c(c1)COC2. The van der Waals surface area contributed by atoms with Gasteiger partial charge >= 0.3 is 0 Å². The lowest BCUT2D eigenvalue weighted by Gasteiger charge is -2.05. The fourth-order valence-corrected chi connectivity index (χ4v) is 1.41. The van der Waals surface area contributed by atoms with Crippen LogP contribution in [0.3, 0.4) is 0 Å². The molecule has 0 amide bonds. The van der Waals surface area contributed by atoms with Crippen LogP contribution in [0.5, 0.6) is 5.75 Å². The van der Waals surface area contributed by atoms with Crippen molar-refractivity contribution in [3.63, 3.8) is 0 Å². The monoisotopic (exact) mass is 179 g/mol. The number of nitrogens with two attached hydrogens (primary N) is 1. The van der Waals surface area contributed by atoms with E-state index in [2.05, 4.69) is 0 Å². The topological polar surface area (TPSA) is 44.5 Å². The fourth-order valence-electron chi connectivity index (χ4n) is 1.41. The second-order valence-corrected chi connectivity index (χ2v) is 3.06. The van der Waals surface area contributed by atoms with E-state index in [0.29, 0.717) is 19.8 Å². The third-order valence-corrected chi connectivity index (χ3v) is 2.08. The zero-order chi connectivity index (χ0) is 9.10. The van der Waals surface area contributed by atoms with Gasteiger partial charge in [-0.15, -0.1) is 0 Å². The summed E-state index contributed by atoms with van der Waals surface area (Å²) in [6.07, 6.45) is 0. The van der Waals surface area contributed by atoms with Gasteiger partial charge in [0, 0.05) is 6.54 Å². The molecule has 1 heterocycles. The second-order valence-electron chi connectivity index (χ2n) is 3.06. The Balaban J connectivity index is 2.12. The summed E-state index contributed by atoms with van der Waals surface area (Å²) >= 11 is 0. The van der Waals surface area contributed by atoms with Gasteiger partial charge in [0.15, 0.2) is 0 Å². The van der Waals surface area contributed by atoms with E-state index in [9.17, 15) is 0 Å². The van der Waals surface area contributed by atoms with Crippen LogP contribution in [0, 0.1) is 0 Å². The van der Waals surface area contributed by atoms with Crippen molar-refractivity contribution in [2.45, 2.75) is 13.2 Å². The minimum absolute atomic E-state index is 0.549. The van der Waals surface area contributed by atoms with Gasteiger partial charge in [0.1, 0.15) is 12.4 Å². The molecule has 1 aromatic rings. The van der Waals surface area contributed by atoms with E-state index < -0.39 is 0 Å². The molecular formula is C10H13NO2. The molecule has 70 valence electrons. The summed E-state index contributed by atoms with van der Waals surface area (Å²) in [5, 5.41) is 0. The van der Waals surface area contributed by atoms with Gasteiger partial charge in [0.25, 0.3) is 0 Å². The smallest absolute Gasteiger partial charge is 0.119 e. The van der Waals surface area contributed by atoms with E-state index >= 15 is 0 Å². The van der Waals surface area contributed by atoms with Gasteiger partial charge in [0.05, 0.1) is 13.2 Å². The molecule has 0 saturated carbocycles. The first-order chi connectivity index (χ1) is 6.40. The minimum Gasteiger partial charge on any atom is -0.492 e. The molecule has 13 heavy (non-hydrogen) atoms. The first-order valence-electron chi connectivity index (χ1n) is 4.42. The highest BCUT2D eigenvalue weighted by molar-refractivity contribution is 5.36. The maximum absolute atomic E-state index is 5.40. The zero-order valence-electron chi connectivity index (χ0n) is 7.45. The van der Waals surface area contributed by atoms with Gasteiger partial charge in [-0.1, -0.05) is 6.07 Å². The highest BCUT2D eigenvalue weighted by atomic mass is 16.5. The Morgan fingerprint density at radius 2 is 2.15 bits per heavy atom. The number of hydrogen-bond acceptors (Lipinski definition) is 3. The molecule has 0 radical (unpaired) electrons.